The largest absolute Gasteiger partial charge is 0.454 e. The smallest absolute Gasteiger partial charge is 0.417 e. The summed E-state index contributed by atoms with van der Waals surface area (Å²) in [5, 5.41) is 0. The first-order valence-corrected chi connectivity index (χ1v) is 9.74. The molecule has 1 aliphatic heterocycles. The molecule has 1 aromatic heterocycles. The molecule has 160 valence electrons. The molecule has 1 unspecified atom stereocenters. The number of hydrogen-bond acceptors (Lipinski definition) is 5. The highest BCUT2D eigenvalue weighted by molar-refractivity contribution is 6.00. The summed E-state index contributed by atoms with van der Waals surface area (Å²) in [5.41, 5.74) is 0.728. The number of piperidine rings is 1. The molecule has 0 N–H and O–H groups in total. The predicted octanol–water partition coefficient (Wildman–Crippen LogP) is 4.44. The lowest BCUT2D eigenvalue weighted by atomic mass is 9.96. The molecule has 0 spiro atoms. The van der Waals surface area contributed by atoms with Crippen LogP contribution in [0.4, 0.5) is 19.0 Å². The summed E-state index contributed by atoms with van der Waals surface area (Å²) in [6, 6.07) is 9.40. The predicted molar refractivity (Wildman–Crippen MR) is 105 cm³/mol. The van der Waals surface area contributed by atoms with Crippen molar-refractivity contribution >= 4 is 17.6 Å². The molecule has 30 heavy (non-hydrogen) atoms. The van der Waals surface area contributed by atoms with Crippen molar-refractivity contribution < 1.29 is 27.5 Å². The zero-order valence-corrected chi connectivity index (χ0v) is 16.8. The molecule has 1 aromatic carbocycles. The van der Waals surface area contributed by atoms with Gasteiger partial charge < -0.3 is 9.64 Å². The summed E-state index contributed by atoms with van der Waals surface area (Å²) < 4.78 is 43.4. The molecule has 0 aliphatic carbocycles. The Morgan fingerprint density at radius 1 is 1.10 bits per heavy atom. The van der Waals surface area contributed by atoms with Gasteiger partial charge in [-0.05, 0) is 38.8 Å². The van der Waals surface area contributed by atoms with E-state index in [2.05, 4.69) is 4.98 Å². The number of nitrogens with zero attached hydrogens (tertiary/aromatic N) is 2. The van der Waals surface area contributed by atoms with Crippen molar-refractivity contribution in [3.05, 3.63) is 59.3 Å². The summed E-state index contributed by atoms with van der Waals surface area (Å²) >= 11 is 0. The van der Waals surface area contributed by atoms with Gasteiger partial charge in [-0.1, -0.05) is 29.8 Å². The van der Waals surface area contributed by atoms with Crippen LogP contribution in [-0.2, 0) is 15.7 Å². The van der Waals surface area contributed by atoms with Crippen molar-refractivity contribution in [3.8, 4) is 0 Å². The van der Waals surface area contributed by atoms with Crippen molar-refractivity contribution in [2.75, 3.05) is 18.0 Å². The second kappa shape index (κ2) is 8.85. The number of aryl methyl sites for hydroxylation is 1. The van der Waals surface area contributed by atoms with Crippen molar-refractivity contribution in [2.45, 2.75) is 39.0 Å². The van der Waals surface area contributed by atoms with Crippen molar-refractivity contribution in [3.63, 3.8) is 0 Å². The number of carbonyl (C=O) groups is 2. The molecule has 8 heteroatoms. The Balaban J connectivity index is 1.52. The van der Waals surface area contributed by atoms with E-state index >= 15 is 0 Å². The van der Waals surface area contributed by atoms with E-state index in [4.69, 9.17) is 4.74 Å². The van der Waals surface area contributed by atoms with Gasteiger partial charge in [-0.15, -0.1) is 0 Å². The molecule has 0 saturated carbocycles. The minimum absolute atomic E-state index is 0.255. The zero-order chi connectivity index (χ0) is 21.9. The normalized spacial score (nSPS) is 16.2. The van der Waals surface area contributed by atoms with Crippen LogP contribution in [0.1, 0.15) is 41.3 Å². The molecule has 1 atom stereocenters. The summed E-state index contributed by atoms with van der Waals surface area (Å²) in [6.07, 6.45) is -3.53. The molecular weight excluding hydrogens is 397 g/mol. The number of ketones is 1. The highest BCUT2D eigenvalue weighted by Crippen LogP contribution is 2.30. The minimum atomic E-state index is -4.42. The molecule has 1 saturated heterocycles. The highest BCUT2D eigenvalue weighted by Gasteiger charge is 2.32. The molecule has 2 heterocycles. The van der Waals surface area contributed by atoms with Gasteiger partial charge >= 0.3 is 12.1 Å². The van der Waals surface area contributed by atoms with Gasteiger partial charge in [-0.2, -0.15) is 13.2 Å². The van der Waals surface area contributed by atoms with Gasteiger partial charge in [-0.25, -0.2) is 4.98 Å². The maximum Gasteiger partial charge on any atom is 0.417 e. The van der Waals surface area contributed by atoms with Crippen molar-refractivity contribution in [1.29, 1.82) is 0 Å². The van der Waals surface area contributed by atoms with Crippen LogP contribution in [0, 0.1) is 12.8 Å². The Hall–Kier alpha value is -2.90. The topological polar surface area (TPSA) is 59.5 Å². The van der Waals surface area contributed by atoms with Crippen molar-refractivity contribution in [1.82, 2.24) is 4.98 Å². The fraction of sp³-hybridized carbons (Fsp3) is 0.409. The van der Waals surface area contributed by atoms with Gasteiger partial charge in [0.2, 0.25) is 5.78 Å². The molecule has 1 fully saturated rings. The van der Waals surface area contributed by atoms with Gasteiger partial charge in [0.05, 0.1) is 11.5 Å². The Morgan fingerprint density at radius 2 is 1.73 bits per heavy atom. The third-order valence-corrected chi connectivity index (χ3v) is 5.23. The fourth-order valence-electron chi connectivity index (χ4n) is 3.36. The number of esters is 1. The first kappa shape index (κ1) is 21.8. The first-order valence-electron chi connectivity index (χ1n) is 9.74. The Labute approximate surface area is 172 Å². The van der Waals surface area contributed by atoms with E-state index in [1.807, 2.05) is 24.0 Å². The molecule has 2 aromatic rings. The fourth-order valence-corrected chi connectivity index (χ4v) is 3.36. The number of rotatable bonds is 5. The molecule has 3 rings (SSSR count). The maximum atomic E-state index is 12.7. The zero-order valence-electron chi connectivity index (χ0n) is 16.8. The quantitative estimate of drug-likeness (QED) is 0.529. The van der Waals surface area contributed by atoms with E-state index in [1.54, 1.807) is 19.1 Å². The Bertz CT molecular complexity index is 887. The summed E-state index contributed by atoms with van der Waals surface area (Å²) in [6.45, 7) is 4.42. The van der Waals surface area contributed by atoms with Gasteiger partial charge in [0.25, 0.3) is 0 Å². The van der Waals surface area contributed by atoms with Crippen LogP contribution < -0.4 is 4.90 Å². The molecule has 0 bridgehead atoms. The Morgan fingerprint density at radius 3 is 2.27 bits per heavy atom. The number of aromatic nitrogens is 1. The van der Waals surface area contributed by atoms with Crippen molar-refractivity contribution in [2.24, 2.45) is 5.92 Å². The Kier molecular flexibility index (Phi) is 6.43. The molecular formula is C22H23F3N2O3. The summed E-state index contributed by atoms with van der Waals surface area (Å²) in [5.74, 6) is -0.598. The lowest BCUT2D eigenvalue weighted by Crippen LogP contribution is -2.38. The minimum Gasteiger partial charge on any atom is -0.454 e. The van der Waals surface area contributed by atoms with Gasteiger partial charge in [0, 0.05) is 24.8 Å². The number of anilines is 1. The van der Waals surface area contributed by atoms with Crippen LogP contribution in [0.2, 0.25) is 0 Å². The highest BCUT2D eigenvalue weighted by atomic mass is 19.4. The van der Waals surface area contributed by atoms with Gasteiger partial charge in [-0.3, -0.25) is 9.59 Å². The molecule has 1 aliphatic rings. The third kappa shape index (κ3) is 5.17. The molecule has 0 radical (unpaired) electrons. The monoisotopic (exact) mass is 420 g/mol. The second-order valence-electron chi connectivity index (χ2n) is 7.47. The number of carbonyl (C=O) groups excluding carboxylic acids is 2. The molecule has 5 nitrogen and oxygen atoms in total. The van der Waals surface area contributed by atoms with Crippen LogP contribution in [0.25, 0.3) is 0 Å². The standard InChI is InChI=1S/C22H23F3N2O3/c1-14-3-5-16(6-4-14)20(28)15(2)30-21(29)17-9-11-27(12-10-17)19-8-7-18(13-26-19)22(23,24)25/h3-8,13,15,17H,9-12H2,1-2H3. The second-order valence-corrected chi connectivity index (χ2v) is 7.47. The SMILES string of the molecule is Cc1ccc(C(=O)C(C)OC(=O)C2CCN(c3ccc(C(F)(F)F)cn3)CC2)cc1. The van der Waals surface area contributed by atoms with Gasteiger partial charge in [0.1, 0.15) is 5.82 Å². The number of alkyl halides is 3. The summed E-state index contributed by atoms with van der Waals surface area (Å²) in [7, 11) is 0. The van der Waals surface area contributed by atoms with Crippen LogP contribution >= 0.6 is 0 Å². The van der Waals surface area contributed by atoms with E-state index in [-0.39, 0.29) is 11.7 Å². The maximum absolute atomic E-state index is 12.7. The lowest BCUT2D eigenvalue weighted by molar-refractivity contribution is -0.152. The number of pyridine rings is 1. The third-order valence-electron chi connectivity index (χ3n) is 5.23. The number of halogens is 3. The van der Waals surface area contributed by atoms with E-state index in [9.17, 15) is 22.8 Å². The summed E-state index contributed by atoms with van der Waals surface area (Å²) in [4.78, 5) is 30.6. The number of Topliss-reactive ketones (excluding diaryl/α,β-unsaturated/α-hetero) is 1. The van der Waals surface area contributed by atoms with E-state index in [0.717, 1.165) is 17.8 Å². The average molecular weight is 420 g/mol. The van der Waals surface area contributed by atoms with E-state index < -0.39 is 23.8 Å². The van der Waals surface area contributed by atoms with E-state index in [0.29, 0.717) is 37.3 Å². The van der Waals surface area contributed by atoms with Crippen LogP contribution in [0.15, 0.2) is 42.6 Å². The van der Waals surface area contributed by atoms with Gasteiger partial charge in [0.15, 0.2) is 6.10 Å². The first-order chi connectivity index (χ1) is 14.1. The molecule has 0 amide bonds. The average Bonchev–Trinajstić information content (AvgIpc) is 2.73. The number of hydrogen-bond donors (Lipinski definition) is 0. The van der Waals surface area contributed by atoms with E-state index in [1.165, 1.54) is 6.07 Å². The van der Waals surface area contributed by atoms with Crippen LogP contribution in [0.3, 0.4) is 0 Å². The lowest BCUT2D eigenvalue weighted by Gasteiger charge is -2.32. The van der Waals surface area contributed by atoms with Crippen LogP contribution in [0.5, 0.6) is 0 Å². The number of benzene rings is 1. The number of ether oxygens (including phenoxy) is 1. The van der Waals surface area contributed by atoms with Crippen LogP contribution in [-0.4, -0.2) is 35.9 Å².